The van der Waals surface area contributed by atoms with Crippen LogP contribution in [0.2, 0.25) is 10.0 Å². The van der Waals surface area contributed by atoms with Gasteiger partial charge < -0.3 is 15.4 Å². The summed E-state index contributed by atoms with van der Waals surface area (Å²) in [6, 6.07) is 13.6. The lowest BCUT2D eigenvalue weighted by Crippen LogP contribution is -2.14. The number of ether oxygens (including phenoxy) is 1. The van der Waals surface area contributed by atoms with Crippen LogP contribution >= 0.6 is 23.2 Å². The van der Waals surface area contributed by atoms with Crippen molar-refractivity contribution in [2.75, 3.05) is 17.7 Å². The highest BCUT2D eigenvalue weighted by Gasteiger charge is 2.11. The molecule has 0 radical (unpaired) electrons. The number of aromatic nitrogens is 2. The zero-order valence-corrected chi connectivity index (χ0v) is 15.2. The van der Waals surface area contributed by atoms with Crippen molar-refractivity contribution in [2.24, 2.45) is 0 Å². The summed E-state index contributed by atoms with van der Waals surface area (Å²) >= 11 is 11.9. The van der Waals surface area contributed by atoms with Crippen LogP contribution in [0.5, 0.6) is 5.75 Å². The lowest BCUT2D eigenvalue weighted by molar-refractivity contribution is 0.102. The van der Waals surface area contributed by atoms with Crippen LogP contribution in [0.1, 0.15) is 10.5 Å². The molecule has 0 aliphatic rings. The average Bonchev–Trinajstić information content (AvgIpc) is 2.64. The Labute approximate surface area is 160 Å². The van der Waals surface area contributed by atoms with Crippen molar-refractivity contribution in [1.82, 2.24) is 9.97 Å². The van der Waals surface area contributed by atoms with E-state index in [9.17, 15) is 4.79 Å². The van der Waals surface area contributed by atoms with E-state index in [-0.39, 0.29) is 11.6 Å². The van der Waals surface area contributed by atoms with Gasteiger partial charge in [-0.25, -0.2) is 9.97 Å². The summed E-state index contributed by atoms with van der Waals surface area (Å²) in [6.45, 7) is 0. The summed E-state index contributed by atoms with van der Waals surface area (Å²) in [4.78, 5) is 20.7. The molecule has 0 atom stereocenters. The molecule has 1 heterocycles. The Morgan fingerprint density at radius 2 is 1.77 bits per heavy atom. The molecule has 0 spiro atoms. The molecule has 1 aromatic heterocycles. The first-order valence-corrected chi connectivity index (χ1v) is 8.31. The normalized spacial score (nSPS) is 10.3. The molecule has 2 aromatic carbocycles. The Kier molecular flexibility index (Phi) is 5.55. The van der Waals surface area contributed by atoms with E-state index < -0.39 is 0 Å². The molecule has 3 rings (SSSR count). The first-order valence-electron chi connectivity index (χ1n) is 7.55. The molecule has 2 N–H and O–H groups in total. The number of amides is 1. The van der Waals surface area contributed by atoms with E-state index in [0.717, 1.165) is 5.69 Å². The van der Waals surface area contributed by atoms with Crippen molar-refractivity contribution in [2.45, 2.75) is 0 Å². The van der Waals surface area contributed by atoms with Crippen molar-refractivity contribution in [3.63, 3.8) is 0 Å². The van der Waals surface area contributed by atoms with E-state index in [1.54, 1.807) is 42.5 Å². The first-order chi connectivity index (χ1) is 12.5. The van der Waals surface area contributed by atoms with Gasteiger partial charge in [-0.1, -0.05) is 23.2 Å². The number of nitrogens with one attached hydrogen (secondary N) is 2. The zero-order valence-electron chi connectivity index (χ0n) is 13.7. The second kappa shape index (κ2) is 8.03. The van der Waals surface area contributed by atoms with Gasteiger partial charge in [-0.2, -0.15) is 0 Å². The number of rotatable bonds is 5. The largest absolute Gasteiger partial charge is 0.495 e. The number of hydrogen-bond acceptors (Lipinski definition) is 5. The number of benzene rings is 2. The fraction of sp³-hybridized carbons (Fsp3) is 0.0556. The van der Waals surface area contributed by atoms with Crippen LogP contribution in [0.3, 0.4) is 0 Å². The van der Waals surface area contributed by atoms with E-state index >= 15 is 0 Å². The predicted molar refractivity (Wildman–Crippen MR) is 103 cm³/mol. The van der Waals surface area contributed by atoms with Crippen LogP contribution in [0, 0.1) is 0 Å². The Morgan fingerprint density at radius 3 is 2.46 bits per heavy atom. The molecule has 26 heavy (non-hydrogen) atoms. The number of nitrogens with zero attached hydrogens (tertiary/aromatic N) is 2. The van der Waals surface area contributed by atoms with Crippen molar-refractivity contribution >= 4 is 46.4 Å². The molecule has 132 valence electrons. The highest BCUT2D eigenvalue weighted by molar-refractivity contribution is 6.32. The van der Waals surface area contributed by atoms with E-state index in [0.29, 0.717) is 27.4 Å². The molecule has 0 aliphatic carbocycles. The van der Waals surface area contributed by atoms with Crippen LogP contribution in [-0.4, -0.2) is 23.0 Å². The Morgan fingerprint density at radius 1 is 1.04 bits per heavy atom. The van der Waals surface area contributed by atoms with Crippen molar-refractivity contribution in [3.05, 3.63) is 70.5 Å². The summed E-state index contributed by atoms with van der Waals surface area (Å²) in [5, 5.41) is 6.78. The molecule has 8 heteroatoms. The van der Waals surface area contributed by atoms with Gasteiger partial charge in [-0.05, 0) is 48.5 Å². The maximum atomic E-state index is 12.4. The highest BCUT2D eigenvalue weighted by Crippen LogP contribution is 2.27. The van der Waals surface area contributed by atoms with Crippen LogP contribution in [0.15, 0.2) is 54.7 Å². The topological polar surface area (TPSA) is 76.1 Å². The fourth-order valence-electron chi connectivity index (χ4n) is 2.15. The number of halogens is 2. The van der Waals surface area contributed by atoms with Crippen LogP contribution in [-0.2, 0) is 0 Å². The molecule has 1 amide bonds. The molecule has 0 fully saturated rings. The standard InChI is InChI=1S/C18H14Cl2N4O2/c1-26-16-7-6-13(10-14(16)20)22-17(25)15-8-9-21-18(24-15)23-12-4-2-11(19)3-5-12/h2-10H,1H3,(H,22,25)(H,21,23,24). The Bertz CT molecular complexity index is 933. The molecule has 0 bridgehead atoms. The van der Waals surface area contributed by atoms with Gasteiger partial charge in [0.15, 0.2) is 0 Å². The molecule has 6 nitrogen and oxygen atoms in total. The van der Waals surface area contributed by atoms with Gasteiger partial charge in [0.05, 0.1) is 12.1 Å². The third-order valence-electron chi connectivity index (χ3n) is 3.40. The summed E-state index contributed by atoms with van der Waals surface area (Å²) < 4.78 is 5.09. The van der Waals surface area contributed by atoms with Crippen LogP contribution in [0.4, 0.5) is 17.3 Å². The lowest BCUT2D eigenvalue weighted by Gasteiger charge is -2.09. The zero-order chi connectivity index (χ0) is 18.5. The van der Waals surface area contributed by atoms with Gasteiger partial charge in [0.25, 0.3) is 5.91 Å². The molecule has 0 unspecified atom stereocenters. The molecular formula is C18H14Cl2N4O2. The minimum atomic E-state index is -0.382. The number of methoxy groups -OCH3 is 1. The Balaban J connectivity index is 1.73. The van der Waals surface area contributed by atoms with Crippen LogP contribution in [0.25, 0.3) is 0 Å². The monoisotopic (exact) mass is 388 g/mol. The number of anilines is 3. The number of carbonyl (C=O) groups excluding carboxylic acids is 1. The maximum absolute atomic E-state index is 12.4. The van der Waals surface area contributed by atoms with Crippen molar-refractivity contribution < 1.29 is 9.53 Å². The fourth-order valence-corrected chi connectivity index (χ4v) is 2.53. The van der Waals surface area contributed by atoms with Gasteiger partial charge in [-0.3, -0.25) is 4.79 Å². The minimum absolute atomic E-state index is 0.211. The van der Waals surface area contributed by atoms with Gasteiger partial charge in [0.1, 0.15) is 11.4 Å². The highest BCUT2D eigenvalue weighted by atomic mass is 35.5. The third kappa shape index (κ3) is 4.41. The maximum Gasteiger partial charge on any atom is 0.274 e. The summed E-state index contributed by atoms with van der Waals surface area (Å²) in [5.74, 6) is 0.446. The van der Waals surface area contributed by atoms with Gasteiger partial charge in [0.2, 0.25) is 5.95 Å². The number of carbonyl (C=O) groups is 1. The summed E-state index contributed by atoms with van der Waals surface area (Å²) in [6.07, 6.45) is 1.50. The molecule has 0 aliphatic heterocycles. The SMILES string of the molecule is COc1ccc(NC(=O)c2ccnc(Nc3ccc(Cl)cc3)n2)cc1Cl. The van der Waals surface area contributed by atoms with Gasteiger partial charge in [-0.15, -0.1) is 0 Å². The van der Waals surface area contributed by atoms with E-state index in [2.05, 4.69) is 20.6 Å². The van der Waals surface area contributed by atoms with Crippen molar-refractivity contribution in [1.29, 1.82) is 0 Å². The van der Waals surface area contributed by atoms with E-state index in [1.165, 1.54) is 19.4 Å². The predicted octanol–water partition coefficient (Wildman–Crippen LogP) is 4.79. The molecule has 0 saturated carbocycles. The lowest BCUT2D eigenvalue weighted by atomic mass is 10.3. The quantitative estimate of drug-likeness (QED) is 0.656. The first kappa shape index (κ1) is 18.0. The van der Waals surface area contributed by atoms with Crippen LogP contribution < -0.4 is 15.4 Å². The summed E-state index contributed by atoms with van der Waals surface area (Å²) in [5.41, 5.74) is 1.50. The molecular weight excluding hydrogens is 375 g/mol. The minimum Gasteiger partial charge on any atom is -0.495 e. The van der Waals surface area contributed by atoms with E-state index in [1.807, 2.05) is 0 Å². The van der Waals surface area contributed by atoms with Gasteiger partial charge >= 0.3 is 0 Å². The molecule has 3 aromatic rings. The third-order valence-corrected chi connectivity index (χ3v) is 3.95. The Hall–Kier alpha value is -2.83. The second-order valence-corrected chi connectivity index (χ2v) is 6.04. The van der Waals surface area contributed by atoms with Crippen molar-refractivity contribution in [3.8, 4) is 5.75 Å². The molecule has 0 saturated heterocycles. The van der Waals surface area contributed by atoms with Gasteiger partial charge in [0, 0.05) is 22.6 Å². The van der Waals surface area contributed by atoms with E-state index in [4.69, 9.17) is 27.9 Å². The average molecular weight is 389 g/mol. The summed E-state index contributed by atoms with van der Waals surface area (Å²) in [7, 11) is 1.52. The second-order valence-electron chi connectivity index (χ2n) is 5.20. The smallest absolute Gasteiger partial charge is 0.274 e. The number of hydrogen-bond donors (Lipinski definition) is 2.